The molecule has 2 rings (SSSR count). The Balaban J connectivity index is 2.38. The van der Waals surface area contributed by atoms with Crippen LogP contribution in [0.25, 0.3) is 0 Å². The van der Waals surface area contributed by atoms with Crippen LogP contribution in [0.4, 0.5) is 11.6 Å². The third-order valence-electron chi connectivity index (χ3n) is 2.89. The number of rotatable bonds is 4. The first-order valence-corrected chi connectivity index (χ1v) is 7.22. The van der Waals surface area contributed by atoms with E-state index in [1.807, 2.05) is 0 Å². The van der Waals surface area contributed by atoms with E-state index < -0.39 is 10.0 Å². The van der Waals surface area contributed by atoms with Gasteiger partial charge in [0, 0.05) is 11.6 Å². The fourth-order valence-corrected chi connectivity index (χ4v) is 2.75. The minimum Gasteiger partial charge on any atom is -0.497 e. The number of nitrogens with zero attached hydrogens (tertiary/aromatic N) is 1. The van der Waals surface area contributed by atoms with Crippen LogP contribution < -0.4 is 15.2 Å². The molecule has 20 heavy (non-hydrogen) atoms. The van der Waals surface area contributed by atoms with Gasteiger partial charge in [-0.3, -0.25) is 0 Å². The maximum atomic E-state index is 12.3. The van der Waals surface area contributed by atoms with Crippen molar-refractivity contribution in [2.45, 2.75) is 18.7 Å². The molecule has 2 aromatic rings. The number of hydrogen-bond donors (Lipinski definition) is 2. The van der Waals surface area contributed by atoms with E-state index in [-0.39, 0.29) is 16.5 Å². The Morgan fingerprint density at radius 2 is 2.05 bits per heavy atom. The summed E-state index contributed by atoms with van der Waals surface area (Å²) in [6.45, 7) is 3.43. The molecular formula is C12H15N3O4S. The Morgan fingerprint density at radius 1 is 1.35 bits per heavy atom. The van der Waals surface area contributed by atoms with Gasteiger partial charge in [-0.2, -0.15) is 0 Å². The van der Waals surface area contributed by atoms with E-state index >= 15 is 0 Å². The average Bonchev–Trinajstić information content (AvgIpc) is 2.69. The number of aromatic nitrogens is 1. The zero-order valence-electron chi connectivity index (χ0n) is 11.3. The van der Waals surface area contributed by atoms with Crippen molar-refractivity contribution in [2.24, 2.45) is 0 Å². The van der Waals surface area contributed by atoms with Crippen molar-refractivity contribution < 1.29 is 17.7 Å². The molecule has 0 radical (unpaired) electrons. The largest absolute Gasteiger partial charge is 0.497 e. The second kappa shape index (κ2) is 5.04. The standard InChI is InChI=1S/C12H15N3O4S/c1-7-8(2)14-19-12(7)15-20(16,17)11-5-4-9(18-3)6-10(11)13/h4-6,15H,13H2,1-3H3. The minimum absolute atomic E-state index is 0.0493. The average molecular weight is 297 g/mol. The van der Waals surface area contributed by atoms with Crippen LogP contribution in [0.15, 0.2) is 27.6 Å². The number of ether oxygens (including phenoxy) is 1. The lowest BCUT2D eigenvalue weighted by atomic mass is 10.3. The summed E-state index contributed by atoms with van der Waals surface area (Å²) in [7, 11) is -2.37. The van der Waals surface area contributed by atoms with Gasteiger partial charge in [-0.1, -0.05) is 5.16 Å². The zero-order chi connectivity index (χ0) is 14.9. The summed E-state index contributed by atoms with van der Waals surface area (Å²) >= 11 is 0. The molecule has 0 aliphatic carbocycles. The molecule has 0 saturated carbocycles. The summed E-state index contributed by atoms with van der Waals surface area (Å²) in [6, 6.07) is 4.32. The van der Waals surface area contributed by atoms with Crippen molar-refractivity contribution in [3.8, 4) is 5.75 Å². The van der Waals surface area contributed by atoms with Crippen LogP contribution in [0.3, 0.4) is 0 Å². The number of benzene rings is 1. The maximum Gasteiger partial charge on any atom is 0.266 e. The van der Waals surface area contributed by atoms with Gasteiger partial charge in [0.25, 0.3) is 10.0 Å². The third kappa shape index (κ3) is 2.55. The fraction of sp³-hybridized carbons (Fsp3) is 0.250. The fourth-order valence-electron chi connectivity index (χ4n) is 1.59. The molecular weight excluding hydrogens is 282 g/mol. The Bertz CT molecular complexity index is 737. The lowest BCUT2D eigenvalue weighted by molar-refractivity contribution is 0.414. The van der Waals surface area contributed by atoms with Gasteiger partial charge >= 0.3 is 0 Å². The van der Waals surface area contributed by atoms with E-state index in [1.165, 1.54) is 25.3 Å². The molecule has 7 nitrogen and oxygen atoms in total. The van der Waals surface area contributed by atoms with E-state index in [2.05, 4.69) is 9.88 Å². The highest BCUT2D eigenvalue weighted by atomic mass is 32.2. The molecule has 0 aliphatic heterocycles. The zero-order valence-corrected chi connectivity index (χ0v) is 12.1. The van der Waals surface area contributed by atoms with E-state index in [0.717, 1.165) is 0 Å². The quantitative estimate of drug-likeness (QED) is 0.831. The summed E-state index contributed by atoms with van der Waals surface area (Å²) in [5.41, 5.74) is 7.06. The Morgan fingerprint density at radius 3 is 2.55 bits per heavy atom. The summed E-state index contributed by atoms with van der Waals surface area (Å²) in [5.74, 6) is 0.561. The highest BCUT2D eigenvalue weighted by molar-refractivity contribution is 7.92. The molecule has 0 spiro atoms. The monoisotopic (exact) mass is 297 g/mol. The highest BCUT2D eigenvalue weighted by Crippen LogP contribution is 2.27. The Kier molecular flexibility index (Phi) is 3.58. The molecule has 0 aliphatic rings. The number of sulfonamides is 1. The van der Waals surface area contributed by atoms with Gasteiger partial charge < -0.3 is 15.0 Å². The van der Waals surface area contributed by atoms with Crippen molar-refractivity contribution in [3.05, 3.63) is 29.5 Å². The van der Waals surface area contributed by atoms with Crippen LogP contribution in [-0.2, 0) is 10.0 Å². The molecule has 3 N–H and O–H groups in total. The molecule has 108 valence electrons. The molecule has 0 bridgehead atoms. The van der Waals surface area contributed by atoms with Crippen molar-refractivity contribution in [1.29, 1.82) is 0 Å². The van der Waals surface area contributed by atoms with E-state index in [9.17, 15) is 8.42 Å². The smallest absolute Gasteiger partial charge is 0.266 e. The van der Waals surface area contributed by atoms with Crippen LogP contribution in [-0.4, -0.2) is 20.7 Å². The van der Waals surface area contributed by atoms with Crippen LogP contribution in [0.5, 0.6) is 5.75 Å². The Labute approximate surface area is 116 Å². The van der Waals surface area contributed by atoms with E-state index in [0.29, 0.717) is 17.0 Å². The predicted molar refractivity (Wildman–Crippen MR) is 74.2 cm³/mol. The summed E-state index contributed by atoms with van der Waals surface area (Å²) in [4.78, 5) is -0.0493. The summed E-state index contributed by atoms with van der Waals surface area (Å²) in [6.07, 6.45) is 0. The molecule has 0 fully saturated rings. The van der Waals surface area contributed by atoms with Crippen molar-refractivity contribution in [2.75, 3.05) is 17.6 Å². The molecule has 1 heterocycles. The van der Waals surface area contributed by atoms with Crippen molar-refractivity contribution in [1.82, 2.24) is 5.16 Å². The lowest BCUT2D eigenvalue weighted by Crippen LogP contribution is -2.15. The van der Waals surface area contributed by atoms with Gasteiger partial charge in [0.15, 0.2) is 0 Å². The molecule has 0 saturated heterocycles. The van der Waals surface area contributed by atoms with E-state index in [1.54, 1.807) is 13.8 Å². The SMILES string of the molecule is COc1ccc(S(=O)(=O)Nc2onc(C)c2C)c(N)c1. The third-order valence-corrected chi connectivity index (χ3v) is 4.30. The molecule has 0 unspecified atom stereocenters. The summed E-state index contributed by atoms with van der Waals surface area (Å²) in [5, 5.41) is 3.69. The number of nitrogens with one attached hydrogen (secondary N) is 1. The predicted octanol–water partition coefficient (Wildman–Crippen LogP) is 1.68. The van der Waals surface area contributed by atoms with E-state index in [4.69, 9.17) is 15.0 Å². The number of anilines is 2. The molecule has 1 aromatic carbocycles. The first-order valence-electron chi connectivity index (χ1n) is 5.74. The number of nitrogens with two attached hydrogens (primary N) is 1. The highest BCUT2D eigenvalue weighted by Gasteiger charge is 2.21. The van der Waals surface area contributed by atoms with Gasteiger partial charge in [-0.15, -0.1) is 0 Å². The molecule has 0 amide bonds. The second-order valence-corrected chi connectivity index (χ2v) is 5.88. The van der Waals surface area contributed by atoms with Gasteiger partial charge in [0.2, 0.25) is 5.88 Å². The second-order valence-electron chi connectivity index (χ2n) is 4.23. The van der Waals surface area contributed by atoms with Crippen LogP contribution in [0.1, 0.15) is 11.3 Å². The first kappa shape index (κ1) is 14.2. The Hall–Kier alpha value is -2.22. The number of hydrogen-bond acceptors (Lipinski definition) is 6. The van der Waals surface area contributed by atoms with Gasteiger partial charge in [0.1, 0.15) is 10.6 Å². The lowest BCUT2D eigenvalue weighted by Gasteiger charge is -2.09. The van der Waals surface area contributed by atoms with Crippen molar-refractivity contribution >= 4 is 21.6 Å². The topological polar surface area (TPSA) is 107 Å². The van der Waals surface area contributed by atoms with Crippen LogP contribution in [0.2, 0.25) is 0 Å². The number of aryl methyl sites for hydroxylation is 1. The molecule has 8 heteroatoms. The molecule has 0 atom stereocenters. The van der Waals surface area contributed by atoms with Gasteiger partial charge in [-0.25, -0.2) is 13.1 Å². The maximum absolute atomic E-state index is 12.3. The van der Waals surface area contributed by atoms with Gasteiger partial charge in [0.05, 0.1) is 18.5 Å². The van der Waals surface area contributed by atoms with Crippen LogP contribution >= 0.6 is 0 Å². The summed E-state index contributed by atoms with van der Waals surface area (Å²) < 4.78 is 36.8. The van der Waals surface area contributed by atoms with Crippen molar-refractivity contribution in [3.63, 3.8) is 0 Å². The number of nitrogen functional groups attached to an aromatic ring is 1. The molecule has 1 aromatic heterocycles. The minimum atomic E-state index is -3.84. The van der Waals surface area contributed by atoms with Gasteiger partial charge in [-0.05, 0) is 26.0 Å². The normalized spacial score (nSPS) is 11.3. The number of methoxy groups -OCH3 is 1. The van der Waals surface area contributed by atoms with Crippen LogP contribution in [0, 0.1) is 13.8 Å². The first-order chi connectivity index (χ1) is 9.35.